The monoisotopic (exact) mass is 312 g/mol. The van der Waals surface area contributed by atoms with Gasteiger partial charge >= 0.3 is 11.9 Å². The molecule has 1 aromatic rings. The maximum Gasteiger partial charge on any atom is 0.320 e. The van der Waals surface area contributed by atoms with Crippen LogP contribution in [0, 0.1) is 0 Å². The fourth-order valence-corrected chi connectivity index (χ4v) is 1.52. The maximum absolute atomic E-state index is 10.4. The van der Waals surface area contributed by atoms with Crippen LogP contribution in [0.1, 0.15) is 31.7 Å². The Morgan fingerprint density at radius 2 is 1.55 bits per heavy atom. The highest BCUT2D eigenvalue weighted by atomic mass is 16.4. The van der Waals surface area contributed by atoms with Crippen molar-refractivity contribution in [3.05, 3.63) is 29.8 Å². The third kappa shape index (κ3) is 8.93. The van der Waals surface area contributed by atoms with Crippen molar-refractivity contribution in [2.45, 2.75) is 44.7 Å². The van der Waals surface area contributed by atoms with Gasteiger partial charge in [-0.15, -0.1) is 0 Å². The maximum atomic E-state index is 10.4. The van der Waals surface area contributed by atoms with Gasteiger partial charge in [0, 0.05) is 0 Å². The summed E-state index contributed by atoms with van der Waals surface area (Å²) in [6, 6.07) is 4.76. The SMILES string of the molecule is CCCC[C@H](N)C(=O)O.N[C@@H](Cc1ccc(O)cc1)C(=O)O. The smallest absolute Gasteiger partial charge is 0.320 e. The first-order valence-electron chi connectivity index (χ1n) is 7.02. The van der Waals surface area contributed by atoms with Crippen molar-refractivity contribution in [1.29, 1.82) is 0 Å². The van der Waals surface area contributed by atoms with E-state index in [1.807, 2.05) is 6.92 Å². The molecular weight excluding hydrogens is 288 g/mol. The number of nitrogens with two attached hydrogens (primary N) is 2. The number of phenolic OH excluding ortho intramolecular Hbond substituents is 1. The first-order valence-corrected chi connectivity index (χ1v) is 7.02. The number of phenols is 1. The number of hydrogen-bond acceptors (Lipinski definition) is 5. The molecule has 1 rings (SSSR count). The molecule has 7 nitrogen and oxygen atoms in total. The second-order valence-corrected chi connectivity index (χ2v) is 4.90. The molecule has 0 unspecified atom stereocenters. The van der Waals surface area contributed by atoms with Gasteiger partial charge in [0.2, 0.25) is 0 Å². The third-order valence-electron chi connectivity index (χ3n) is 2.90. The van der Waals surface area contributed by atoms with E-state index in [9.17, 15) is 9.59 Å². The number of benzene rings is 1. The molecule has 0 spiro atoms. The molecule has 2 atom stereocenters. The van der Waals surface area contributed by atoms with Crippen LogP contribution in [0.15, 0.2) is 24.3 Å². The van der Waals surface area contributed by atoms with Gasteiger partial charge in [-0.2, -0.15) is 0 Å². The minimum absolute atomic E-state index is 0.160. The number of aliphatic carboxylic acids is 2. The Hall–Kier alpha value is -2.12. The largest absolute Gasteiger partial charge is 0.508 e. The summed E-state index contributed by atoms with van der Waals surface area (Å²) in [5.74, 6) is -1.76. The van der Waals surface area contributed by atoms with Crippen LogP contribution in [0.25, 0.3) is 0 Å². The van der Waals surface area contributed by atoms with Gasteiger partial charge in [-0.25, -0.2) is 0 Å². The standard InChI is InChI=1S/C9H11NO3.C6H13NO2/c10-8(9(12)13)5-6-1-3-7(11)4-2-6;1-2-3-4-5(7)6(8)9/h1-4,8,11H,5,10H2,(H,12,13);5H,2-4,7H2,1H3,(H,8,9)/t8-;5-/m00/s1. The van der Waals surface area contributed by atoms with Crippen LogP contribution in [0.4, 0.5) is 0 Å². The van der Waals surface area contributed by atoms with Gasteiger partial charge in [0.25, 0.3) is 0 Å². The summed E-state index contributed by atoms with van der Waals surface area (Å²) in [7, 11) is 0. The minimum atomic E-state index is -1.02. The molecule has 0 aromatic heterocycles. The van der Waals surface area contributed by atoms with Gasteiger partial charge in [0.1, 0.15) is 17.8 Å². The predicted molar refractivity (Wildman–Crippen MR) is 82.6 cm³/mol. The number of carboxylic acids is 2. The van der Waals surface area contributed by atoms with Crippen LogP contribution in [0.3, 0.4) is 0 Å². The molecular formula is C15H24N2O5. The molecule has 0 saturated carbocycles. The van der Waals surface area contributed by atoms with E-state index in [0.717, 1.165) is 18.4 Å². The highest BCUT2D eigenvalue weighted by molar-refractivity contribution is 5.73. The molecule has 0 aliphatic heterocycles. The Morgan fingerprint density at radius 1 is 1.05 bits per heavy atom. The molecule has 124 valence electrons. The van der Waals surface area contributed by atoms with Crippen molar-refractivity contribution < 1.29 is 24.9 Å². The lowest BCUT2D eigenvalue weighted by Gasteiger charge is -2.05. The zero-order valence-corrected chi connectivity index (χ0v) is 12.6. The molecule has 0 bridgehead atoms. The van der Waals surface area contributed by atoms with E-state index >= 15 is 0 Å². The number of unbranched alkanes of at least 4 members (excludes halogenated alkanes) is 1. The quantitative estimate of drug-likeness (QED) is 0.503. The van der Waals surface area contributed by atoms with E-state index in [2.05, 4.69) is 0 Å². The van der Waals surface area contributed by atoms with Crippen LogP contribution in [0.5, 0.6) is 5.75 Å². The predicted octanol–water partition coefficient (Wildman–Crippen LogP) is 0.935. The molecule has 1 aromatic carbocycles. The lowest BCUT2D eigenvalue weighted by atomic mass is 10.1. The Balaban J connectivity index is 0.000000433. The van der Waals surface area contributed by atoms with Crippen LogP contribution in [-0.2, 0) is 16.0 Å². The summed E-state index contributed by atoms with van der Waals surface area (Å²) in [5, 5.41) is 25.8. The molecule has 7 N–H and O–H groups in total. The van der Waals surface area contributed by atoms with Gasteiger partial charge in [0.15, 0.2) is 0 Å². The van der Waals surface area contributed by atoms with E-state index in [1.165, 1.54) is 12.1 Å². The lowest BCUT2D eigenvalue weighted by molar-refractivity contribution is -0.139. The average Bonchev–Trinajstić information content (AvgIpc) is 2.47. The van der Waals surface area contributed by atoms with Crippen molar-refractivity contribution in [2.75, 3.05) is 0 Å². The Morgan fingerprint density at radius 3 is 1.95 bits per heavy atom. The summed E-state index contributed by atoms with van der Waals surface area (Å²) >= 11 is 0. The number of carboxylic acid groups (broad SMARTS) is 2. The molecule has 0 fully saturated rings. The fourth-order valence-electron chi connectivity index (χ4n) is 1.52. The molecule has 0 aliphatic rings. The summed E-state index contributed by atoms with van der Waals surface area (Å²) in [6.45, 7) is 2.01. The van der Waals surface area contributed by atoms with E-state index < -0.39 is 24.0 Å². The van der Waals surface area contributed by atoms with Gasteiger partial charge < -0.3 is 26.8 Å². The summed E-state index contributed by atoms with van der Waals surface area (Å²) in [4.78, 5) is 20.5. The molecule has 0 radical (unpaired) electrons. The average molecular weight is 312 g/mol. The van der Waals surface area contributed by atoms with Crippen LogP contribution in [-0.4, -0.2) is 39.3 Å². The second kappa shape index (κ2) is 10.6. The Kier molecular flexibility index (Phi) is 9.56. The number of carbonyl (C=O) groups is 2. The van der Waals surface area contributed by atoms with Crippen molar-refractivity contribution >= 4 is 11.9 Å². The zero-order valence-electron chi connectivity index (χ0n) is 12.6. The summed E-state index contributed by atoms with van der Waals surface area (Å²) in [5.41, 5.74) is 11.3. The highest BCUT2D eigenvalue weighted by Gasteiger charge is 2.11. The van der Waals surface area contributed by atoms with E-state index in [0.29, 0.717) is 6.42 Å². The topological polar surface area (TPSA) is 147 Å². The van der Waals surface area contributed by atoms with E-state index in [-0.39, 0.29) is 12.2 Å². The normalized spacial score (nSPS) is 12.7. The van der Waals surface area contributed by atoms with Crippen LogP contribution in [0.2, 0.25) is 0 Å². The number of rotatable bonds is 7. The van der Waals surface area contributed by atoms with Crippen molar-refractivity contribution in [2.24, 2.45) is 11.5 Å². The summed E-state index contributed by atoms with van der Waals surface area (Å²) in [6.07, 6.45) is 2.76. The van der Waals surface area contributed by atoms with Crippen LogP contribution < -0.4 is 11.5 Å². The molecule has 7 heteroatoms. The van der Waals surface area contributed by atoms with Gasteiger partial charge in [-0.3, -0.25) is 9.59 Å². The first-order chi connectivity index (χ1) is 10.3. The molecule has 0 aliphatic carbocycles. The van der Waals surface area contributed by atoms with E-state index in [4.69, 9.17) is 26.8 Å². The van der Waals surface area contributed by atoms with Gasteiger partial charge in [-0.05, 0) is 30.5 Å². The molecule has 0 heterocycles. The number of aromatic hydroxyl groups is 1. The zero-order chi connectivity index (χ0) is 17.1. The van der Waals surface area contributed by atoms with E-state index in [1.54, 1.807) is 12.1 Å². The minimum Gasteiger partial charge on any atom is -0.508 e. The van der Waals surface area contributed by atoms with Crippen LogP contribution >= 0.6 is 0 Å². The Labute approximate surface area is 129 Å². The second-order valence-electron chi connectivity index (χ2n) is 4.90. The fraction of sp³-hybridized carbons (Fsp3) is 0.467. The van der Waals surface area contributed by atoms with Crippen molar-refractivity contribution in [1.82, 2.24) is 0 Å². The highest BCUT2D eigenvalue weighted by Crippen LogP contribution is 2.10. The first kappa shape index (κ1) is 19.9. The molecule has 22 heavy (non-hydrogen) atoms. The Bertz CT molecular complexity index is 462. The van der Waals surface area contributed by atoms with Gasteiger partial charge in [0.05, 0.1) is 0 Å². The third-order valence-corrected chi connectivity index (χ3v) is 2.90. The summed E-state index contributed by atoms with van der Waals surface area (Å²) < 4.78 is 0. The molecule has 0 amide bonds. The lowest BCUT2D eigenvalue weighted by Crippen LogP contribution is -2.32. The van der Waals surface area contributed by atoms with Gasteiger partial charge in [-0.1, -0.05) is 31.9 Å². The number of hydrogen-bond donors (Lipinski definition) is 5. The molecule has 0 saturated heterocycles. The van der Waals surface area contributed by atoms with Crippen molar-refractivity contribution in [3.63, 3.8) is 0 Å². The van der Waals surface area contributed by atoms with Crippen molar-refractivity contribution in [3.8, 4) is 5.75 Å².